The van der Waals surface area contributed by atoms with Crippen LogP contribution in [0.25, 0.3) is 78.0 Å². The van der Waals surface area contributed by atoms with Crippen molar-refractivity contribution in [3.63, 3.8) is 0 Å². The Labute approximate surface area is 240 Å². The molecule has 2 aromatic heterocycles. The Balaban J connectivity index is 1.28. The number of fused-ring (bicyclic) bond motifs is 5. The molecule has 0 bridgehead atoms. The van der Waals surface area contributed by atoms with Crippen LogP contribution in [-0.2, 0) is 0 Å². The monoisotopic (exact) mass is 539 g/mol. The SMILES string of the molecule is c1ccc(-c2nc(-c3ccc4c(c3)-c3cccc5cccc(c35)O4)nc(-c3cccc4oc5ccccc5c34)n2)cc1. The Morgan fingerprint density at radius 2 is 1.14 bits per heavy atom. The second-order valence-electron chi connectivity index (χ2n) is 10.4. The van der Waals surface area contributed by atoms with E-state index >= 15 is 0 Å². The van der Waals surface area contributed by atoms with Crippen molar-refractivity contribution in [2.24, 2.45) is 0 Å². The third-order valence-corrected chi connectivity index (χ3v) is 7.93. The molecule has 196 valence electrons. The van der Waals surface area contributed by atoms with E-state index in [1.165, 1.54) is 0 Å². The first kappa shape index (κ1) is 22.9. The number of hydrogen-bond donors (Lipinski definition) is 0. The van der Waals surface area contributed by atoms with E-state index in [2.05, 4.69) is 42.5 Å². The maximum atomic E-state index is 6.34. The van der Waals surface area contributed by atoms with Gasteiger partial charge in [0.15, 0.2) is 17.5 Å². The molecule has 0 amide bonds. The van der Waals surface area contributed by atoms with Gasteiger partial charge in [0, 0.05) is 38.4 Å². The van der Waals surface area contributed by atoms with Crippen LogP contribution < -0.4 is 4.74 Å². The lowest BCUT2D eigenvalue weighted by atomic mass is 9.93. The lowest BCUT2D eigenvalue weighted by molar-refractivity contribution is 0.487. The molecule has 5 heteroatoms. The van der Waals surface area contributed by atoms with Crippen LogP contribution in [0.1, 0.15) is 0 Å². The number of rotatable bonds is 3. The molecule has 0 N–H and O–H groups in total. The maximum Gasteiger partial charge on any atom is 0.164 e. The van der Waals surface area contributed by atoms with Crippen LogP contribution in [0.5, 0.6) is 11.5 Å². The molecule has 0 saturated carbocycles. The summed E-state index contributed by atoms with van der Waals surface area (Å²) < 4.78 is 12.5. The highest BCUT2D eigenvalue weighted by atomic mass is 16.5. The summed E-state index contributed by atoms with van der Waals surface area (Å²) in [5.41, 5.74) is 6.50. The summed E-state index contributed by atoms with van der Waals surface area (Å²) in [4.78, 5) is 15.1. The average molecular weight is 540 g/mol. The molecule has 8 aromatic rings. The minimum atomic E-state index is 0.595. The fourth-order valence-electron chi connectivity index (χ4n) is 6.01. The minimum Gasteiger partial charge on any atom is -0.456 e. The summed E-state index contributed by atoms with van der Waals surface area (Å²) in [6.45, 7) is 0. The summed E-state index contributed by atoms with van der Waals surface area (Å²) in [5.74, 6) is 3.49. The standard InChI is InChI=1S/C37H21N3O2/c1-2-9-23(10-3-1)35-38-36(40-37(39-35)27-15-8-18-32-34(27)26-13-4-5-16-29(26)41-32)24-19-20-30-28(21-24)25-14-6-11-22-12-7-17-31(42-30)33(22)25/h1-21H. The van der Waals surface area contributed by atoms with E-state index in [-0.39, 0.29) is 0 Å². The molecule has 0 aliphatic carbocycles. The molecule has 6 aromatic carbocycles. The van der Waals surface area contributed by atoms with Crippen LogP contribution in [-0.4, -0.2) is 15.0 Å². The van der Waals surface area contributed by atoms with E-state index in [9.17, 15) is 0 Å². The average Bonchev–Trinajstić information content (AvgIpc) is 3.44. The number of benzene rings is 6. The van der Waals surface area contributed by atoms with Gasteiger partial charge in [-0.1, -0.05) is 91.0 Å². The molecule has 42 heavy (non-hydrogen) atoms. The second-order valence-corrected chi connectivity index (χ2v) is 10.4. The van der Waals surface area contributed by atoms with Crippen LogP contribution in [0, 0.1) is 0 Å². The first-order chi connectivity index (χ1) is 20.8. The number of ether oxygens (including phenoxy) is 1. The first-order valence-electron chi connectivity index (χ1n) is 13.9. The maximum absolute atomic E-state index is 6.34. The van der Waals surface area contributed by atoms with E-state index in [0.29, 0.717) is 17.5 Å². The molecule has 9 rings (SSSR count). The van der Waals surface area contributed by atoms with Crippen molar-refractivity contribution in [3.8, 4) is 56.8 Å². The molecular weight excluding hydrogens is 518 g/mol. The smallest absolute Gasteiger partial charge is 0.164 e. The second kappa shape index (κ2) is 8.85. The van der Waals surface area contributed by atoms with Crippen molar-refractivity contribution in [3.05, 3.63) is 127 Å². The van der Waals surface area contributed by atoms with Gasteiger partial charge in [-0.2, -0.15) is 0 Å². The molecule has 0 atom stereocenters. The Bertz CT molecular complexity index is 2340. The van der Waals surface area contributed by atoms with Crippen molar-refractivity contribution in [1.82, 2.24) is 15.0 Å². The van der Waals surface area contributed by atoms with E-state index < -0.39 is 0 Å². The Hall–Kier alpha value is -5.81. The summed E-state index contributed by atoms with van der Waals surface area (Å²) in [6.07, 6.45) is 0. The largest absolute Gasteiger partial charge is 0.456 e. The van der Waals surface area contributed by atoms with Crippen LogP contribution in [0.4, 0.5) is 0 Å². The van der Waals surface area contributed by atoms with E-state index in [0.717, 1.165) is 72.0 Å². The highest BCUT2D eigenvalue weighted by Gasteiger charge is 2.22. The van der Waals surface area contributed by atoms with Gasteiger partial charge in [-0.25, -0.2) is 15.0 Å². The topological polar surface area (TPSA) is 61.0 Å². The molecule has 3 heterocycles. The minimum absolute atomic E-state index is 0.595. The summed E-state index contributed by atoms with van der Waals surface area (Å²) in [6, 6.07) is 42.8. The zero-order valence-electron chi connectivity index (χ0n) is 22.3. The molecule has 1 aliphatic heterocycles. The van der Waals surface area contributed by atoms with Gasteiger partial charge < -0.3 is 9.15 Å². The highest BCUT2D eigenvalue weighted by Crippen LogP contribution is 2.47. The summed E-state index contributed by atoms with van der Waals surface area (Å²) in [5, 5.41) is 4.29. The molecule has 0 radical (unpaired) electrons. The Morgan fingerprint density at radius 3 is 2.05 bits per heavy atom. The highest BCUT2D eigenvalue weighted by molar-refractivity contribution is 6.11. The van der Waals surface area contributed by atoms with Gasteiger partial charge in [-0.3, -0.25) is 0 Å². The predicted molar refractivity (Wildman–Crippen MR) is 166 cm³/mol. The van der Waals surface area contributed by atoms with Gasteiger partial charge >= 0.3 is 0 Å². The van der Waals surface area contributed by atoms with Crippen molar-refractivity contribution < 1.29 is 9.15 Å². The molecule has 1 aliphatic rings. The number of nitrogens with zero attached hydrogens (tertiary/aromatic N) is 3. The molecular formula is C37H21N3O2. The lowest BCUT2D eigenvalue weighted by Gasteiger charge is -2.21. The fourth-order valence-corrected chi connectivity index (χ4v) is 6.01. The van der Waals surface area contributed by atoms with E-state index in [1.807, 2.05) is 84.9 Å². The zero-order valence-corrected chi connectivity index (χ0v) is 22.3. The van der Waals surface area contributed by atoms with Crippen LogP contribution in [0.2, 0.25) is 0 Å². The molecule has 0 unspecified atom stereocenters. The number of para-hydroxylation sites is 1. The zero-order chi connectivity index (χ0) is 27.6. The summed E-state index contributed by atoms with van der Waals surface area (Å²) in [7, 11) is 0. The normalized spacial score (nSPS) is 12.0. The van der Waals surface area contributed by atoms with E-state index in [1.54, 1.807) is 0 Å². The van der Waals surface area contributed by atoms with E-state index in [4.69, 9.17) is 24.1 Å². The first-order valence-corrected chi connectivity index (χ1v) is 13.9. The lowest BCUT2D eigenvalue weighted by Crippen LogP contribution is -2.01. The third-order valence-electron chi connectivity index (χ3n) is 7.93. The van der Waals surface area contributed by atoms with Crippen LogP contribution in [0.15, 0.2) is 132 Å². The summed E-state index contributed by atoms with van der Waals surface area (Å²) >= 11 is 0. The van der Waals surface area contributed by atoms with Gasteiger partial charge in [0.25, 0.3) is 0 Å². The van der Waals surface area contributed by atoms with Crippen LogP contribution >= 0.6 is 0 Å². The quantitative estimate of drug-likeness (QED) is 0.224. The van der Waals surface area contributed by atoms with Gasteiger partial charge in [0.05, 0.1) is 0 Å². The Morgan fingerprint density at radius 1 is 0.429 bits per heavy atom. The molecule has 0 spiro atoms. The van der Waals surface area contributed by atoms with Gasteiger partial charge in [0.2, 0.25) is 0 Å². The van der Waals surface area contributed by atoms with Gasteiger partial charge in [0.1, 0.15) is 22.7 Å². The van der Waals surface area contributed by atoms with Crippen molar-refractivity contribution in [2.45, 2.75) is 0 Å². The molecule has 5 nitrogen and oxygen atoms in total. The number of furan rings is 1. The van der Waals surface area contributed by atoms with Crippen molar-refractivity contribution >= 4 is 32.7 Å². The van der Waals surface area contributed by atoms with Crippen molar-refractivity contribution in [2.75, 3.05) is 0 Å². The molecule has 0 fully saturated rings. The predicted octanol–water partition coefficient (Wildman–Crippen LogP) is 9.70. The van der Waals surface area contributed by atoms with Gasteiger partial charge in [-0.15, -0.1) is 0 Å². The van der Waals surface area contributed by atoms with Gasteiger partial charge in [-0.05, 0) is 47.3 Å². The Kier molecular flexibility index (Phi) is 4.83. The van der Waals surface area contributed by atoms with Crippen LogP contribution in [0.3, 0.4) is 0 Å². The molecule has 0 saturated heterocycles. The van der Waals surface area contributed by atoms with Crippen molar-refractivity contribution in [1.29, 1.82) is 0 Å². The fraction of sp³-hybridized carbons (Fsp3) is 0. The third kappa shape index (κ3) is 3.47. The number of hydrogen-bond acceptors (Lipinski definition) is 5. The number of aromatic nitrogens is 3.